The molecule has 446 valence electrons. The molecule has 0 aromatic rings. The minimum atomic E-state index is -0.771. The van der Waals surface area contributed by atoms with Crippen molar-refractivity contribution in [2.24, 2.45) is 0 Å². The molecule has 0 aliphatic rings. The monoisotopic (exact) mass is 1070 g/mol. The van der Waals surface area contributed by atoms with E-state index in [0.717, 1.165) is 70.6 Å². The summed E-state index contributed by atoms with van der Waals surface area (Å²) in [5, 5.41) is 0. The van der Waals surface area contributed by atoms with Gasteiger partial charge >= 0.3 is 17.9 Å². The Morgan fingerprint density at radius 1 is 0.263 bits per heavy atom. The minimum Gasteiger partial charge on any atom is -0.462 e. The Labute approximate surface area is 474 Å². The smallest absolute Gasteiger partial charge is 0.306 e. The Balaban J connectivity index is 4.04. The number of rotatable bonds is 63. The molecule has 0 N–H and O–H groups in total. The summed E-state index contributed by atoms with van der Waals surface area (Å²) in [7, 11) is 0. The zero-order chi connectivity index (χ0) is 55.0. The van der Waals surface area contributed by atoms with E-state index in [1.807, 2.05) is 0 Å². The number of hydrogen-bond donors (Lipinski definition) is 0. The van der Waals surface area contributed by atoms with E-state index in [1.165, 1.54) is 263 Å². The first-order valence-corrected chi connectivity index (χ1v) is 34.0. The molecule has 0 radical (unpaired) electrons. The molecule has 0 fully saturated rings. The molecule has 1 atom stereocenters. The van der Waals surface area contributed by atoms with Gasteiger partial charge in [-0.25, -0.2) is 0 Å². The van der Waals surface area contributed by atoms with Gasteiger partial charge < -0.3 is 14.2 Å². The van der Waals surface area contributed by atoms with Gasteiger partial charge in [-0.1, -0.05) is 314 Å². The largest absolute Gasteiger partial charge is 0.462 e. The van der Waals surface area contributed by atoms with Crippen LogP contribution in [0.5, 0.6) is 0 Å². The molecule has 0 aromatic heterocycles. The molecule has 0 saturated carbocycles. The van der Waals surface area contributed by atoms with Gasteiger partial charge in [0.25, 0.3) is 0 Å². The zero-order valence-electron chi connectivity index (χ0n) is 51.3. The Kier molecular flexibility index (Phi) is 63.1. The van der Waals surface area contributed by atoms with E-state index in [9.17, 15) is 14.4 Å². The molecule has 76 heavy (non-hydrogen) atoms. The number of esters is 3. The van der Waals surface area contributed by atoms with Crippen molar-refractivity contribution in [1.29, 1.82) is 0 Å². The molecule has 6 heteroatoms. The molecule has 0 spiro atoms. The van der Waals surface area contributed by atoms with Crippen LogP contribution < -0.4 is 0 Å². The van der Waals surface area contributed by atoms with Gasteiger partial charge in [0.05, 0.1) is 0 Å². The van der Waals surface area contributed by atoms with Crippen molar-refractivity contribution < 1.29 is 28.6 Å². The summed E-state index contributed by atoms with van der Waals surface area (Å²) >= 11 is 0. The highest BCUT2D eigenvalue weighted by atomic mass is 16.6. The molecule has 0 aliphatic heterocycles. The van der Waals surface area contributed by atoms with Crippen LogP contribution in [-0.2, 0) is 28.6 Å². The van der Waals surface area contributed by atoms with Gasteiger partial charge in [-0.15, -0.1) is 0 Å². The van der Waals surface area contributed by atoms with Gasteiger partial charge in [-0.05, 0) is 77.0 Å². The lowest BCUT2D eigenvalue weighted by molar-refractivity contribution is -0.167. The van der Waals surface area contributed by atoms with E-state index in [0.29, 0.717) is 19.3 Å². The van der Waals surface area contributed by atoms with Gasteiger partial charge in [-0.3, -0.25) is 14.4 Å². The fraction of sp³-hybridized carbons (Fsp3) is 0.871. The van der Waals surface area contributed by atoms with Crippen LogP contribution >= 0.6 is 0 Å². The summed E-state index contributed by atoms with van der Waals surface area (Å²) in [6.07, 6.45) is 80.4. The van der Waals surface area contributed by atoms with Crippen molar-refractivity contribution in [1.82, 2.24) is 0 Å². The lowest BCUT2D eigenvalue weighted by Gasteiger charge is -2.18. The van der Waals surface area contributed by atoms with Crippen molar-refractivity contribution in [3.8, 4) is 0 Å². The molecule has 0 saturated heterocycles. The molecule has 0 rings (SSSR count). The van der Waals surface area contributed by atoms with Gasteiger partial charge in [0.1, 0.15) is 13.2 Å². The van der Waals surface area contributed by atoms with Crippen LogP contribution in [0.15, 0.2) is 36.5 Å². The highest BCUT2D eigenvalue weighted by Crippen LogP contribution is 2.18. The molecule has 6 nitrogen and oxygen atoms in total. The molecular weight excluding hydrogens is 937 g/mol. The Morgan fingerprint density at radius 3 is 0.750 bits per heavy atom. The SMILES string of the molecule is CCCCCC/C=C\CCCCCCCC(=O)OC(COC(=O)CCCCCCCCCCCCCC)COC(=O)CCCCCCCCCCCCCCCCCCCCCCC/C=C\C/C=C\CCCCCCC. The molecule has 0 heterocycles. The standard InChI is InChI=1S/C70H130O6/c1-4-7-10-13-16-19-22-25-26-27-28-29-30-31-32-33-34-35-36-37-38-39-40-41-42-43-44-46-48-51-54-57-60-63-69(72)75-66-67(65-74-68(71)62-59-56-53-50-47-24-21-18-15-12-9-6-3)76-70(73)64-61-58-55-52-49-45-23-20-17-14-11-8-5-2/h20,22-23,25,27-28,67H,4-19,21,24,26,29-66H2,1-3H3/b23-20-,25-22-,28-27-. The maximum atomic E-state index is 12.9. The summed E-state index contributed by atoms with van der Waals surface area (Å²) in [5.74, 6) is -0.855. The van der Waals surface area contributed by atoms with Crippen LogP contribution in [-0.4, -0.2) is 37.2 Å². The van der Waals surface area contributed by atoms with Crippen molar-refractivity contribution in [2.75, 3.05) is 13.2 Å². The number of hydrogen-bond acceptors (Lipinski definition) is 6. The van der Waals surface area contributed by atoms with Crippen LogP contribution in [0.2, 0.25) is 0 Å². The first-order valence-electron chi connectivity index (χ1n) is 34.0. The van der Waals surface area contributed by atoms with Gasteiger partial charge in [0, 0.05) is 19.3 Å². The van der Waals surface area contributed by atoms with Crippen LogP contribution in [0, 0.1) is 0 Å². The number of carbonyl (C=O) groups is 3. The fourth-order valence-electron chi connectivity index (χ4n) is 10.2. The third kappa shape index (κ3) is 62.5. The number of allylic oxidation sites excluding steroid dienone is 6. The van der Waals surface area contributed by atoms with E-state index in [2.05, 4.69) is 57.2 Å². The second kappa shape index (κ2) is 65.2. The van der Waals surface area contributed by atoms with Gasteiger partial charge in [0.2, 0.25) is 0 Å². The summed E-state index contributed by atoms with van der Waals surface area (Å²) in [6.45, 7) is 6.66. The predicted octanol–water partition coefficient (Wildman–Crippen LogP) is 23.2. The second-order valence-corrected chi connectivity index (χ2v) is 23.1. The number of carbonyl (C=O) groups excluding carboxylic acids is 3. The van der Waals surface area contributed by atoms with E-state index in [-0.39, 0.29) is 31.1 Å². The van der Waals surface area contributed by atoms with Crippen LogP contribution in [0.3, 0.4) is 0 Å². The lowest BCUT2D eigenvalue weighted by atomic mass is 10.0. The molecule has 0 aromatic carbocycles. The quantitative estimate of drug-likeness (QED) is 0.0261. The summed E-state index contributed by atoms with van der Waals surface area (Å²) in [6, 6.07) is 0. The summed E-state index contributed by atoms with van der Waals surface area (Å²) in [5.41, 5.74) is 0. The van der Waals surface area contributed by atoms with Crippen molar-refractivity contribution in [3.05, 3.63) is 36.5 Å². The average Bonchev–Trinajstić information content (AvgIpc) is 3.42. The maximum Gasteiger partial charge on any atom is 0.306 e. The third-order valence-corrected chi connectivity index (χ3v) is 15.4. The van der Waals surface area contributed by atoms with E-state index < -0.39 is 6.10 Å². The highest BCUT2D eigenvalue weighted by Gasteiger charge is 2.19. The van der Waals surface area contributed by atoms with Crippen LogP contribution in [0.1, 0.15) is 374 Å². The van der Waals surface area contributed by atoms with Crippen molar-refractivity contribution >= 4 is 17.9 Å². The van der Waals surface area contributed by atoms with E-state index in [4.69, 9.17) is 14.2 Å². The van der Waals surface area contributed by atoms with Gasteiger partial charge in [0.15, 0.2) is 6.10 Å². The maximum absolute atomic E-state index is 12.9. The van der Waals surface area contributed by atoms with Crippen LogP contribution in [0.25, 0.3) is 0 Å². The topological polar surface area (TPSA) is 78.9 Å². The van der Waals surface area contributed by atoms with Crippen molar-refractivity contribution in [2.45, 2.75) is 380 Å². The predicted molar refractivity (Wildman–Crippen MR) is 330 cm³/mol. The fourth-order valence-corrected chi connectivity index (χ4v) is 10.2. The number of unbranched alkanes of at least 4 members (excludes halogenated alkanes) is 46. The Morgan fingerprint density at radius 2 is 0.474 bits per heavy atom. The molecule has 0 amide bonds. The van der Waals surface area contributed by atoms with E-state index >= 15 is 0 Å². The third-order valence-electron chi connectivity index (χ3n) is 15.4. The molecule has 1 unspecified atom stereocenters. The Hall–Kier alpha value is -2.37. The highest BCUT2D eigenvalue weighted by molar-refractivity contribution is 5.71. The first-order chi connectivity index (χ1) is 37.5. The minimum absolute atomic E-state index is 0.0696. The Bertz CT molecular complexity index is 1270. The van der Waals surface area contributed by atoms with Gasteiger partial charge in [-0.2, -0.15) is 0 Å². The zero-order valence-corrected chi connectivity index (χ0v) is 51.3. The normalized spacial score (nSPS) is 12.2. The molecule has 0 bridgehead atoms. The van der Waals surface area contributed by atoms with E-state index in [1.54, 1.807) is 0 Å². The first kappa shape index (κ1) is 73.6. The molecular formula is C70H130O6. The average molecular weight is 1070 g/mol. The second-order valence-electron chi connectivity index (χ2n) is 23.1. The van der Waals surface area contributed by atoms with Crippen molar-refractivity contribution in [3.63, 3.8) is 0 Å². The summed E-state index contributed by atoms with van der Waals surface area (Å²) < 4.78 is 16.9. The van der Waals surface area contributed by atoms with Crippen LogP contribution in [0.4, 0.5) is 0 Å². The number of ether oxygens (including phenoxy) is 3. The lowest BCUT2D eigenvalue weighted by Crippen LogP contribution is -2.30. The summed E-state index contributed by atoms with van der Waals surface area (Å²) in [4.78, 5) is 38.2. The molecule has 0 aliphatic carbocycles.